The third-order valence-electron chi connectivity index (χ3n) is 4.38. The number of thioether (sulfide) groups is 1. The standard InChI is InChI=1S/C14H23N3S/c1-3-6-18-14-12-7-11-9-17(2)5-4-10(11)8-13(12)15-16-14/h10-11H,3-9H2,1-2H3,(H,15,16)/t10-,11+/m0/s1. The lowest BCUT2D eigenvalue weighted by molar-refractivity contribution is 0.133. The van der Waals surface area contributed by atoms with Gasteiger partial charge in [0.1, 0.15) is 5.03 Å². The summed E-state index contributed by atoms with van der Waals surface area (Å²) in [7, 11) is 2.26. The quantitative estimate of drug-likeness (QED) is 0.853. The maximum absolute atomic E-state index is 4.54. The largest absolute Gasteiger partial charge is 0.306 e. The molecule has 0 amide bonds. The molecule has 0 radical (unpaired) electrons. The maximum Gasteiger partial charge on any atom is 0.121 e. The average Bonchev–Trinajstić information content (AvgIpc) is 2.76. The van der Waals surface area contributed by atoms with Crippen molar-refractivity contribution in [1.29, 1.82) is 0 Å². The molecule has 1 aromatic heterocycles. The molecular weight excluding hydrogens is 242 g/mol. The summed E-state index contributed by atoms with van der Waals surface area (Å²) in [5.41, 5.74) is 2.96. The molecule has 100 valence electrons. The van der Waals surface area contributed by atoms with Gasteiger partial charge in [0, 0.05) is 17.8 Å². The van der Waals surface area contributed by atoms with E-state index in [1.807, 2.05) is 11.8 Å². The predicted molar refractivity (Wildman–Crippen MR) is 76.1 cm³/mol. The van der Waals surface area contributed by atoms with E-state index >= 15 is 0 Å². The Bertz CT molecular complexity index is 402. The van der Waals surface area contributed by atoms with Crippen molar-refractivity contribution in [1.82, 2.24) is 15.1 Å². The molecule has 1 saturated heterocycles. The highest BCUT2D eigenvalue weighted by Crippen LogP contribution is 2.38. The van der Waals surface area contributed by atoms with Crippen LogP contribution in [0.1, 0.15) is 31.0 Å². The molecule has 2 atom stereocenters. The molecule has 18 heavy (non-hydrogen) atoms. The van der Waals surface area contributed by atoms with Gasteiger partial charge >= 0.3 is 0 Å². The summed E-state index contributed by atoms with van der Waals surface area (Å²) in [6.45, 7) is 4.77. The van der Waals surface area contributed by atoms with Crippen molar-refractivity contribution in [2.24, 2.45) is 11.8 Å². The SMILES string of the molecule is CCCSc1n[nH]c2c1C[C@@H]1CN(C)CC[C@H]1C2. The summed E-state index contributed by atoms with van der Waals surface area (Å²) >= 11 is 1.93. The topological polar surface area (TPSA) is 31.9 Å². The highest BCUT2D eigenvalue weighted by atomic mass is 32.2. The normalized spacial score (nSPS) is 27.9. The van der Waals surface area contributed by atoms with Crippen molar-refractivity contribution in [2.45, 2.75) is 37.6 Å². The Labute approximate surface area is 114 Å². The number of nitrogens with zero attached hydrogens (tertiary/aromatic N) is 2. The fourth-order valence-electron chi connectivity index (χ4n) is 3.37. The number of aromatic nitrogens is 2. The monoisotopic (exact) mass is 265 g/mol. The lowest BCUT2D eigenvalue weighted by atomic mass is 9.74. The van der Waals surface area contributed by atoms with Crippen LogP contribution in [0.2, 0.25) is 0 Å². The first kappa shape index (κ1) is 12.5. The molecule has 1 aliphatic carbocycles. The minimum atomic E-state index is 0.856. The molecule has 1 aromatic rings. The zero-order chi connectivity index (χ0) is 12.5. The van der Waals surface area contributed by atoms with Gasteiger partial charge in [0.05, 0.1) is 0 Å². The van der Waals surface area contributed by atoms with E-state index in [0.29, 0.717) is 0 Å². The molecule has 2 heterocycles. The number of aromatic amines is 1. The van der Waals surface area contributed by atoms with Gasteiger partial charge in [0.15, 0.2) is 0 Å². The summed E-state index contributed by atoms with van der Waals surface area (Å²) in [5, 5.41) is 9.11. The first-order valence-electron chi connectivity index (χ1n) is 7.15. The summed E-state index contributed by atoms with van der Waals surface area (Å²) in [6.07, 6.45) is 5.05. The summed E-state index contributed by atoms with van der Waals surface area (Å²) in [5.74, 6) is 2.93. The summed E-state index contributed by atoms with van der Waals surface area (Å²) in [4.78, 5) is 2.49. The van der Waals surface area contributed by atoms with Crippen LogP contribution >= 0.6 is 11.8 Å². The Balaban J connectivity index is 1.77. The van der Waals surface area contributed by atoms with Gasteiger partial charge in [0.2, 0.25) is 0 Å². The van der Waals surface area contributed by atoms with E-state index in [1.165, 1.54) is 60.8 Å². The van der Waals surface area contributed by atoms with Crippen molar-refractivity contribution in [3.63, 3.8) is 0 Å². The molecule has 4 heteroatoms. The molecule has 3 rings (SSSR count). The van der Waals surface area contributed by atoms with Gasteiger partial charge in [-0.1, -0.05) is 6.92 Å². The van der Waals surface area contributed by atoms with Gasteiger partial charge in [-0.25, -0.2) is 0 Å². The van der Waals surface area contributed by atoms with E-state index in [4.69, 9.17) is 0 Å². The van der Waals surface area contributed by atoms with Gasteiger partial charge in [-0.05, 0) is 56.9 Å². The van der Waals surface area contributed by atoms with E-state index in [0.717, 1.165) is 11.8 Å². The zero-order valence-corrected chi connectivity index (χ0v) is 12.2. The molecule has 2 aliphatic rings. The first-order chi connectivity index (χ1) is 8.78. The Hall–Kier alpha value is -0.480. The van der Waals surface area contributed by atoms with Gasteiger partial charge in [-0.3, -0.25) is 5.10 Å². The third kappa shape index (κ3) is 2.32. The summed E-state index contributed by atoms with van der Waals surface area (Å²) < 4.78 is 0. The highest BCUT2D eigenvalue weighted by molar-refractivity contribution is 7.99. The van der Waals surface area contributed by atoms with Crippen molar-refractivity contribution < 1.29 is 0 Å². The number of likely N-dealkylation sites (tertiary alicyclic amines) is 1. The average molecular weight is 265 g/mol. The second-order valence-electron chi connectivity index (χ2n) is 5.81. The van der Waals surface area contributed by atoms with Crippen LogP contribution < -0.4 is 0 Å². The van der Waals surface area contributed by atoms with Crippen molar-refractivity contribution in [3.8, 4) is 0 Å². The van der Waals surface area contributed by atoms with Gasteiger partial charge in [-0.2, -0.15) is 5.10 Å². The molecule has 1 N–H and O–H groups in total. The van der Waals surface area contributed by atoms with E-state index in [9.17, 15) is 0 Å². The fourth-order valence-corrected chi connectivity index (χ4v) is 4.26. The molecule has 0 spiro atoms. The Kier molecular flexibility index (Phi) is 3.66. The van der Waals surface area contributed by atoms with Gasteiger partial charge in [-0.15, -0.1) is 11.8 Å². The van der Waals surface area contributed by atoms with E-state index in [1.54, 1.807) is 0 Å². The highest BCUT2D eigenvalue weighted by Gasteiger charge is 2.34. The third-order valence-corrected chi connectivity index (χ3v) is 5.61. The zero-order valence-electron chi connectivity index (χ0n) is 11.4. The second kappa shape index (κ2) is 5.25. The molecule has 0 aromatic carbocycles. The molecule has 0 bridgehead atoms. The number of piperidine rings is 1. The number of H-pyrrole nitrogens is 1. The van der Waals surface area contributed by atoms with Crippen LogP contribution in [0.5, 0.6) is 0 Å². The van der Waals surface area contributed by atoms with E-state index < -0.39 is 0 Å². The molecule has 0 saturated carbocycles. The van der Waals surface area contributed by atoms with Crippen LogP contribution in [0.15, 0.2) is 5.03 Å². The van der Waals surface area contributed by atoms with E-state index in [-0.39, 0.29) is 0 Å². The Morgan fingerprint density at radius 3 is 3.11 bits per heavy atom. The van der Waals surface area contributed by atoms with Crippen LogP contribution in [-0.4, -0.2) is 41.0 Å². The van der Waals surface area contributed by atoms with Gasteiger partial charge in [0.25, 0.3) is 0 Å². The number of hydrogen-bond acceptors (Lipinski definition) is 3. The molecule has 0 unspecified atom stereocenters. The predicted octanol–water partition coefficient (Wildman–Crippen LogP) is 2.58. The van der Waals surface area contributed by atoms with Crippen LogP contribution in [-0.2, 0) is 12.8 Å². The fraction of sp³-hybridized carbons (Fsp3) is 0.786. The minimum absolute atomic E-state index is 0.856. The number of rotatable bonds is 3. The van der Waals surface area contributed by atoms with E-state index in [2.05, 4.69) is 29.1 Å². The first-order valence-corrected chi connectivity index (χ1v) is 8.14. The van der Waals surface area contributed by atoms with Crippen molar-refractivity contribution in [3.05, 3.63) is 11.3 Å². The van der Waals surface area contributed by atoms with Crippen molar-refractivity contribution >= 4 is 11.8 Å². The minimum Gasteiger partial charge on any atom is -0.306 e. The maximum atomic E-state index is 4.54. The molecule has 3 nitrogen and oxygen atoms in total. The Morgan fingerprint density at radius 1 is 1.39 bits per heavy atom. The molecule has 1 aliphatic heterocycles. The van der Waals surface area contributed by atoms with Gasteiger partial charge < -0.3 is 4.90 Å². The lowest BCUT2D eigenvalue weighted by Crippen LogP contribution is -2.41. The van der Waals surface area contributed by atoms with Crippen LogP contribution in [0.4, 0.5) is 0 Å². The number of hydrogen-bond donors (Lipinski definition) is 1. The number of fused-ring (bicyclic) bond motifs is 2. The second-order valence-corrected chi connectivity index (χ2v) is 6.90. The number of nitrogens with one attached hydrogen (secondary N) is 1. The van der Waals surface area contributed by atoms with Crippen LogP contribution in [0.25, 0.3) is 0 Å². The van der Waals surface area contributed by atoms with Crippen LogP contribution in [0, 0.1) is 11.8 Å². The van der Waals surface area contributed by atoms with Crippen LogP contribution in [0.3, 0.4) is 0 Å². The lowest BCUT2D eigenvalue weighted by Gasteiger charge is -2.39. The Morgan fingerprint density at radius 2 is 2.28 bits per heavy atom. The molecular formula is C14H23N3S. The van der Waals surface area contributed by atoms with Crippen molar-refractivity contribution in [2.75, 3.05) is 25.9 Å². The summed E-state index contributed by atoms with van der Waals surface area (Å²) in [6, 6.07) is 0. The smallest absolute Gasteiger partial charge is 0.121 e. The molecule has 1 fully saturated rings.